The van der Waals surface area contributed by atoms with Crippen LogP contribution in [0.2, 0.25) is 0 Å². The molecule has 4 heteroatoms. The van der Waals surface area contributed by atoms with E-state index >= 15 is 0 Å². The highest BCUT2D eigenvalue weighted by Crippen LogP contribution is 2.17. The Hall–Kier alpha value is -2.62. The second kappa shape index (κ2) is 7.77. The predicted octanol–water partition coefficient (Wildman–Crippen LogP) is 2.97. The van der Waals surface area contributed by atoms with Crippen LogP contribution in [0.25, 0.3) is 0 Å². The summed E-state index contributed by atoms with van der Waals surface area (Å²) in [4.78, 5) is 23.8. The first kappa shape index (κ1) is 17.7. The lowest BCUT2D eigenvalue weighted by molar-refractivity contribution is -0.141. The Kier molecular flexibility index (Phi) is 5.74. The van der Waals surface area contributed by atoms with Gasteiger partial charge in [0.2, 0.25) is 5.91 Å². The van der Waals surface area contributed by atoms with E-state index in [4.69, 9.17) is 0 Å². The summed E-state index contributed by atoms with van der Waals surface area (Å²) in [5, 5.41) is 12.0. The Morgan fingerprint density at radius 1 is 1.04 bits per heavy atom. The number of carboxylic acids is 1. The highest BCUT2D eigenvalue weighted by molar-refractivity contribution is 5.85. The SMILES string of the molecule is Cc1cc(C)c(CC(=O)N[C@H](Cc2ccccc2)C(=O)O)c(C)c1. The minimum atomic E-state index is -1.02. The van der Waals surface area contributed by atoms with Crippen molar-refractivity contribution in [1.29, 1.82) is 0 Å². The fourth-order valence-electron chi connectivity index (χ4n) is 2.94. The first-order valence-corrected chi connectivity index (χ1v) is 7.99. The molecule has 0 fully saturated rings. The first-order chi connectivity index (χ1) is 11.4. The zero-order chi connectivity index (χ0) is 17.7. The number of rotatable bonds is 6. The molecule has 2 N–H and O–H groups in total. The highest BCUT2D eigenvalue weighted by Gasteiger charge is 2.21. The normalized spacial score (nSPS) is 11.8. The molecule has 0 aromatic heterocycles. The van der Waals surface area contributed by atoms with Gasteiger partial charge in [-0.3, -0.25) is 4.79 Å². The summed E-state index contributed by atoms with van der Waals surface area (Å²) in [7, 11) is 0. The fourth-order valence-corrected chi connectivity index (χ4v) is 2.94. The average Bonchev–Trinajstić information content (AvgIpc) is 2.51. The van der Waals surface area contributed by atoms with E-state index in [1.165, 1.54) is 0 Å². The summed E-state index contributed by atoms with van der Waals surface area (Å²) in [6.45, 7) is 5.96. The number of nitrogens with one attached hydrogen (secondary N) is 1. The maximum atomic E-state index is 12.3. The number of hydrogen-bond donors (Lipinski definition) is 2. The van der Waals surface area contributed by atoms with E-state index in [1.807, 2.05) is 63.2 Å². The van der Waals surface area contributed by atoms with Gasteiger partial charge < -0.3 is 10.4 Å². The number of aryl methyl sites for hydroxylation is 3. The van der Waals surface area contributed by atoms with Crippen molar-refractivity contribution in [3.05, 3.63) is 70.3 Å². The Bertz CT molecular complexity index is 715. The quantitative estimate of drug-likeness (QED) is 0.858. The van der Waals surface area contributed by atoms with Gasteiger partial charge in [0.25, 0.3) is 0 Å². The first-order valence-electron chi connectivity index (χ1n) is 7.99. The molecule has 4 nitrogen and oxygen atoms in total. The third-order valence-electron chi connectivity index (χ3n) is 4.09. The molecule has 0 spiro atoms. The van der Waals surface area contributed by atoms with Crippen LogP contribution in [-0.4, -0.2) is 23.0 Å². The van der Waals surface area contributed by atoms with Gasteiger partial charge in [-0.05, 0) is 43.0 Å². The van der Waals surface area contributed by atoms with E-state index in [-0.39, 0.29) is 18.7 Å². The molecular formula is C20H23NO3. The van der Waals surface area contributed by atoms with Crippen molar-refractivity contribution >= 4 is 11.9 Å². The summed E-state index contributed by atoms with van der Waals surface area (Å²) < 4.78 is 0. The third kappa shape index (κ3) is 4.69. The van der Waals surface area contributed by atoms with Gasteiger partial charge in [-0.25, -0.2) is 4.79 Å². The second-order valence-corrected chi connectivity index (χ2v) is 6.20. The smallest absolute Gasteiger partial charge is 0.326 e. The molecule has 0 aliphatic carbocycles. The van der Waals surface area contributed by atoms with Gasteiger partial charge >= 0.3 is 5.97 Å². The molecule has 1 atom stereocenters. The van der Waals surface area contributed by atoms with Gasteiger partial charge in [0.15, 0.2) is 0 Å². The van der Waals surface area contributed by atoms with Crippen LogP contribution in [0.1, 0.15) is 27.8 Å². The molecule has 0 saturated carbocycles. The Labute approximate surface area is 142 Å². The van der Waals surface area contributed by atoms with Crippen LogP contribution in [0.3, 0.4) is 0 Å². The van der Waals surface area contributed by atoms with Gasteiger partial charge in [0.1, 0.15) is 6.04 Å². The zero-order valence-corrected chi connectivity index (χ0v) is 14.3. The Morgan fingerprint density at radius 3 is 2.17 bits per heavy atom. The van der Waals surface area contributed by atoms with Crippen molar-refractivity contribution < 1.29 is 14.7 Å². The molecule has 0 unspecified atom stereocenters. The van der Waals surface area contributed by atoms with Crippen LogP contribution in [-0.2, 0) is 22.4 Å². The molecular weight excluding hydrogens is 302 g/mol. The molecule has 126 valence electrons. The van der Waals surface area contributed by atoms with Crippen LogP contribution in [0.4, 0.5) is 0 Å². The Balaban J connectivity index is 2.07. The minimum absolute atomic E-state index is 0.191. The molecule has 1 amide bonds. The number of amides is 1. The van der Waals surface area contributed by atoms with Gasteiger partial charge in [0.05, 0.1) is 6.42 Å². The molecule has 2 rings (SSSR count). The van der Waals surface area contributed by atoms with Crippen molar-refractivity contribution in [2.45, 2.75) is 39.7 Å². The summed E-state index contributed by atoms with van der Waals surface area (Å²) in [6, 6.07) is 12.5. The number of carboxylic acid groups (broad SMARTS) is 1. The number of benzene rings is 2. The molecule has 0 radical (unpaired) electrons. The van der Waals surface area contributed by atoms with Crippen molar-refractivity contribution in [2.75, 3.05) is 0 Å². The molecule has 24 heavy (non-hydrogen) atoms. The number of aliphatic carboxylic acids is 1. The van der Waals surface area contributed by atoms with Crippen LogP contribution < -0.4 is 5.32 Å². The summed E-state index contributed by atoms with van der Waals surface area (Å²) in [5.74, 6) is -1.29. The number of carbonyl (C=O) groups excluding carboxylic acids is 1. The summed E-state index contributed by atoms with van der Waals surface area (Å²) in [5.41, 5.74) is 5.10. The molecule has 0 saturated heterocycles. The lowest BCUT2D eigenvalue weighted by Gasteiger charge is -2.16. The third-order valence-corrected chi connectivity index (χ3v) is 4.09. The van der Waals surface area contributed by atoms with Crippen LogP contribution in [0.5, 0.6) is 0 Å². The lowest BCUT2D eigenvalue weighted by Crippen LogP contribution is -2.43. The average molecular weight is 325 g/mol. The van der Waals surface area contributed by atoms with Crippen molar-refractivity contribution in [3.63, 3.8) is 0 Å². The van der Waals surface area contributed by atoms with Crippen molar-refractivity contribution in [3.8, 4) is 0 Å². The van der Waals surface area contributed by atoms with E-state index in [0.29, 0.717) is 0 Å². The molecule has 0 bridgehead atoms. The van der Waals surface area contributed by atoms with Crippen LogP contribution in [0.15, 0.2) is 42.5 Å². The van der Waals surface area contributed by atoms with Gasteiger partial charge in [-0.15, -0.1) is 0 Å². The van der Waals surface area contributed by atoms with Crippen LogP contribution in [0, 0.1) is 20.8 Å². The maximum absolute atomic E-state index is 12.3. The number of carbonyl (C=O) groups is 2. The highest BCUT2D eigenvalue weighted by atomic mass is 16.4. The minimum Gasteiger partial charge on any atom is -0.480 e. The maximum Gasteiger partial charge on any atom is 0.326 e. The topological polar surface area (TPSA) is 66.4 Å². The van der Waals surface area contributed by atoms with E-state index in [9.17, 15) is 14.7 Å². The monoisotopic (exact) mass is 325 g/mol. The standard InChI is InChI=1S/C20H23NO3/c1-13-9-14(2)17(15(3)10-13)12-19(22)21-18(20(23)24)11-16-7-5-4-6-8-16/h4-10,18H,11-12H2,1-3H3,(H,21,22)(H,23,24)/t18-/m1/s1. The summed E-state index contributed by atoms with van der Waals surface area (Å²) >= 11 is 0. The van der Waals surface area contributed by atoms with E-state index in [0.717, 1.165) is 27.8 Å². The lowest BCUT2D eigenvalue weighted by atomic mass is 9.97. The molecule has 2 aromatic rings. The van der Waals surface area contributed by atoms with E-state index in [1.54, 1.807) is 0 Å². The van der Waals surface area contributed by atoms with E-state index in [2.05, 4.69) is 5.32 Å². The van der Waals surface area contributed by atoms with Crippen LogP contribution >= 0.6 is 0 Å². The molecule has 0 heterocycles. The van der Waals surface area contributed by atoms with Crippen molar-refractivity contribution in [2.24, 2.45) is 0 Å². The Morgan fingerprint density at radius 2 is 1.62 bits per heavy atom. The van der Waals surface area contributed by atoms with Gasteiger partial charge in [0, 0.05) is 6.42 Å². The number of hydrogen-bond acceptors (Lipinski definition) is 2. The fraction of sp³-hybridized carbons (Fsp3) is 0.300. The molecule has 0 aliphatic rings. The molecule has 0 aliphatic heterocycles. The summed E-state index contributed by atoms with van der Waals surface area (Å²) in [6.07, 6.45) is 0.463. The van der Waals surface area contributed by atoms with Crippen molar-refractivity contribution in [1.82, 2.24) is 5.32 Å². The van der Waals surface area contributed by atoms with Gasteiger partial charge in [-0.2, -0.15) is 0 Å². The van der Waals surface area contributed by atoms with E-state index < -0.39 is 12.0 Å². The predicted molar refractivity (Wildman–Crippen MR) is 94.1 cm³/mol. The largest absolute Gasteiger partial charge is 0.480 e. The van der Waals surface area contributed by atoms with Gasteiger partial charge in [-0.1, -0.05) is 48.0 Å². The zero-order valence-electron chi connectivity index (χ0n) is 14.3. The second-order valence-electron chi connectivity index (χ2n) is 6.20. The molecule has 2 aromatic carbocycles.